The Balaban J connectivity index is 2.00. The third-order valence-electron chi connectivity index (χ3n) is 16.5. The fourth-order valence-corrected chi connectivity index (χ4v) is 10.8. The molecule has 0 spiro atoms. The average Bonchev–Trinajstić information content (AvgIpc) is 3.50. The van der Waals surface area contributed by atoms with Crippen LogP contribution < -0.4 is 5.32 Å². The first-order chi connectivity index (χ1) is 41.7. The van der Waals surface area contributed by atoms with Gasteiger partial charge in [-0.15, -0.1) is 0 Å². The highest BCUT2D eigenvalue weighted by Gasteiger charge is 2.44. The Hall–Kier alpha value is -2.90. The summed E-state index contributed by atoms with van der Waals surface area (Å²) in [5.74, 6) is -0.202. The smallest absolute Gasteiger partial charge is 0.305 e. The van der Waals surface area contributed by atoms with Crippen LogP contribution in [0.15, 0.2) is 72.9 Å². The van der Waals surface area contributed by atoms with E-state index in [1.807, 2.05) is 6.08 Å². The van der Waals surface area contributed by atoms with E-state index in [-0.39, 0.29) is 18.5 Å². The van der Waals surface area contributed by atoms with Crippen LogP contribution in [0.3, 0.4) is 0 Å². The number of hydrogen-bond acceptors (Lipinski definition) is 10. The van der Waals surface area contributed by atoms with Gasteiger partial charge in [0.2, 0.25) is 5.91 Å². The molecule has 0 radical (unpaired) electrons. The zero-order chi connectivity index (χ0) is 61.6. The maximum Gasteiger partial charge on any atom is 0.305 e. The van der Waals surface area contributed by atoms with Crippen molar-refractivity contribution in [3.8, 4) is 0 Å². The third-order valence-corrected chi connectivity index (χ3v) is 16.5. The van der Waals surface area contributed by atoms with Crippen molar-refractivity contribution in [2.75, 3.05) is 19.8 Å². The van der Waals surface area contributed by atoms with Crippen molar-refractivity contribution in [3.63, 3.8) is 0 Å². The molecule has 1 aliphatic rings. The van der Waals surface area contributed by atoms with Gasteiger partial charge in [-0.2, -0.15) is 0 Å². The molecule has 1 heterocycles. The van der Waals surface area contributed by atoms with Gasteiger partial charge in [-0.1, -0.05) is 267 Å². The summed E-state index contributed by atoms with van der Waals surface area (Å²) in [5.41, 5.74) is 0. The fourth-order valence-electron chi connectivity index (χ4n) is 10.8. The number of carbonyl (C=O) groups is 2. The van der Waals surface area contributed by atoms with Crippen LogP contribution in [0.4, 0.5) is 0 Å². The molecule has 0 aromatic carbocycles. The summed E-state index contributed by atoms with van der Waals surface area (Å²) in [5, 5.41) is 54.5. The molecule has 7 unspecified atom stereocenters. The normalized spacial score (nSPS) is 18.4. The molecule has 0 aliphatic carbocycles. The zero-order valence-corrected chi connectivity index (χ0v) is 54.8. The monoisotopic (exact) mass is 1200 g/mol. The lowest BCUT2D eigenvalue weighted by Crippen LogP contribution is -2.60. The minimum atomic E-state index is -1.58. The van der Waals surface area contributed by atoms with E-state index in [0.29, 0.717) is 19.4 Å². The molecular weight excluding hydrogens is 1060 g/mol. The van der Waals surface area contributed by atoms with Crippen LogP contribution in [-0.4, -0.2) is 100 Å². The molecule has 11 heteroatoms. The second-order valence-corrected chi connectivity index (χ2v) is 24.6. The van der Waals surface area contributed by atoms with E-state index in [1.54, 1.807) is 6.08 Å². The number of unbranched alkanes of at least 4 members (excludes halogenated alkanes) is 38. The van der Waals surface area contributed by atoms with Crippen molar-refractivity contribution >= 4 is 11.9 Å². The van der Waals surface area contributed by atoms with Crippen LogP contribution >= 0.6 is 0 Å². The van der Waals surface area contributed by atoms with Gasteiger partial charge < -0.3 is 45.1 Å². The number of carbonyl (C=O) groups excluding carboxylic acids is 2. The lowest BCUT2D eigenvalue weighted by Gasteiger charge is -2.40. The molecule has 0 aromatic heterocycles. The highest BCUT2D eigenvalue weighted by molar-refractivity contribution is 5.76. The lowest BCUT2D eigenvalue weighted by molar-refractivity contribution is -0.302. The number of aliphatic hydroxyl groups excluding tert-OH is 5. The van der Waals surface area contributed by atoms with Crippen LogP contribution in [-0.2, 0) is 23.8 Å². The van der Waals surface area contributed by atoms with Gasteiger partial charge >= 0.3 is 5.97 Å². The summed E-state index contributed by atoms with van der Waals surface area (Å²) in [6.07, 6.45) is 74.6. The van der Waals surface area contributed by atoms with Crippen molar-refractivity contribution in [1.82, 2.24) is 5.32 Å². The summed E-state index contributed by atoms with van der Waals surface area (Å²) < 4.78 is 16.7. The molecule has 6 N–H and O–H groups in total. The number of hydrogen-bond donors (Lipinski definition) is 6. The first-order valence-electron chi connectivity index (χ1n) is 35.7. The number of nitrogens with one attached hydrogen (secondary N) is 1. The van der Waals surface area contributed by atoms with Gasteiger partial charge in [-0.05, 0) is 116 Å². The van der Waals surface area contributed by atoms with Gasteiger partial charge in [-0.25, -0.2) is 0 Å². The molecule has 1 fully saturated rings. The minimum absolute atomic E-state index is 0.00576. The molecule has 0 aromatic rings. The number of allylic oxidation sites excluding steroid dienone is 11. The number of aliphatic hydroxyl groups is 5. The Bertz CT molecular complexity index is 1640. The summed E-state index contributed by atoms with van der Waals surface area (Å²) in [4.78, 5) is 25.1. The lowest BCUT2D eigenvalue weighted by atomic mass is 9.99. The van der Waals surface area contributed by atoms with Gasteiger partial charge in [0.15, 0.2) is 6.29 Å². The molecule has 85 heavy (non-hydrogen) atoms. The van der Waals surface area contributed by atoms with Gasteiger partial charge in [0, 0.05) is 12.8 Å². The van der Waals surface area contributed by atoms with Crippen LogP contribution in [0.1, 0.15) is 322 Å². The molecule has 494 valence electrons. The maximum atomic E-state index is 13.1. The van der Waals surface area contributed by atoms with E-state index in [4.69, 9.17) is 14.2 Å². The number of rotatable bonds is 62. The molecule has 11 nitrogen and oxygen atoms in total. The first-order valence-corrected chi connectivity index (χ1v) is 35.7. The standard InChI is InChI=1S/C74H133NO10/c1-3-5-7-9-11-13-15-17-37-40-44-48-52-56-60-67(77)66(65-84-74-73(82)72(81)71(80)68(64-76)85-74)75-69(78)61-57-53-49-45-41-38-35-33-31-29-27-25-23-21-19-18-20-22-24-26-28-30-32-34-36-39-43-47-51-55-59-63-83-70(79)62-58-54-50-46-42-16-14-12-10-8-6-4-2/h12-15,20,22,26,28,40,44,56,60,66-68,71-74,76-77,80-82H,3-11,16-19,21,23-25,27,29-39,41-43,45-55,57-59,61-65H2,1-2H3,(H,75,78)/b14-12-,15-13+,22-20-,28-26-,44-40+,60-56+. The van der Waals surface area contributed by atoms with Gasteiger partial charge in [0.25, 0.3) is 0 Å². The van der Waals surface area contributed by atoms with Gasteiger partial charge in [-0.3, -0.25) is 9.59 Å². The summed E-state index contributed by atoms with van der Waals surface area (Å²) in [6.45, 7) is 4.29. The van der Waals surface area contributed by atoms with E-state index in [2.05, 4.69) is 79.9 Å². The second-order valence-electron chi connectivity index (χ2n) is 24.6. The Morgan fingerprint density at radius 2 is 0.800 bits per heavy atom. The molecule has 0 saturated carbocycles. The van der Waals surface area contributed by atoms with Crippen molar-refractivity contribution in [2.24, 2.45) is 0 Å². The van der Waals surface area contributed by atoms with Gasteiger partial charge in [0.1, 0.15) is 24.4 Å². The molecule has 0 bridgehead atoms. The van der Waals surface area contributed by atoms with Crippen molar-refractivity contribution in [1.29, 1.82) is 0 Å². The second kappa shape index (κ2) is 62.7. The number of amides is 1. The Labute approximate surface area is 521 Å². The van der Waals surface area contributed by atoms with Crippen LogP contribution in [0.5, 0.6) is 0 Å². The summed E-state index contributed by atoms with van der Waals surface area (Å²) in [7, 11) is 0. The average molecular weight is 1200 g/mol. The van der Waals surface area contributed by atoms with Gasteiger partial charge in [0.05, 0.1) is 32.0 Å². The fraction of sp³-hybridized carbons (Fsp3) is 0.811. The third kappa shape index (κ3) is 51.7. The first kappa shape index (κ1) is 80.1. The highest BCUT2D eigenvalue weighted by atomic mass is 16.7. The minimum Gasteiger partial charge on any atom is -0.466 e. The van der Waals surface area contributed by atoms with E-state index in [0.717, 1.165) is 77.0 Å². The van der Waals surface area contributed by atoms with Crippen LogP contribution in [0, 0.1) is 0 Å². The molecular formula is C74H133NO10. The Kier molecular flexibility index (Phi) is 59.1. The predicted octanol–water partition coefficient (Wildman–Crippen LogP) is 18.3. The SMILES string of the molecule is CCCCC/C=C\CCCCCCCC(=O)OCCCCCCCCCCC/C=C\C/C=C\CCCCCCCCCCCCCCCCCC(=O)NC(COC1OC(CO)C(O)C(O)C1O)C(O)/C=C/CC/C=C/CC/C=C/CCCCCC. The maximum absolute atomic E-state index is 13.1. The molecule has 1 saturated heterocycles. The van der Waals surface area contributed by atoms with Crippen molar-refractivity contribution in [3.05, 3.63) is 72.9 Å². The Morgan fingerprint density at radius 3 is 1.26 bits per heavy atom. The molecule has 1 rings (SSSR count). The molecule has 1 aliphatic heterocycles. The van der Waals surface area contributed by atoms with E-state index >= 15 is 0 Å². The number of esters is 1. The molecule has 7 atom stereocenters. The topological polar surface area (TPSA) is 175 Å². The predicted molar refractivity (Wildman–Crippen MR) is 356 cm³/mol. The Morgan fingerprint density at radius 1 is 0.435 bits per heavy atom. The summed E-state index contributed by atoms with van der Waals surface area (Å²) >= 11 is 0. The quantitative estimate of drug-likeness (QED) is 0.0195. The van der Waals surface area contributed by atoms with Crippen LogP contribution in [0.25, 0.3) is 0 Å². The van der Waals surface area contributed by atoms with E-state index in [9.17, 15) is 35.1 Å². The van der Waals surface area contributed by atoms with Crippen molar-refractivity contribution in [2.45, 2.75) is 365 Å². The van der Waals surface area contributed by atoms with Crippen molar-refractivity contribution < 1.29 is 49.3 Å². The van der Waals surface area contributed by atoms with E-state index in [1.165, 1.54) is 218 Å². The van der Waals surface area contributed by atoms with Crippen LogP contribution in [0.2, 0.25) is 0 Å². The van der Waals surface area contributed by atoms with E-state index < -0.39 is 49.5 Å². The highest BCUT2D eigenvalue weighted by Crippen LogP contribution is 2.23. The summed E-state index contributed by atoms with van der Waals surface area (Å²) in [6, 6.07) is -0.836. The zero-order valence-electron chi connectivity index (χ0n) is 54.8. The largest absolute Gasteiger partial charge is 0.466 e. The number of ether oxygens (including phenoxy) is 3. The molecule has 1 amide bonds.